The molecule has 0 aromatic heterocycles. The number of hydrogen-bond donors (Lipinski definition) is 0. The second kappa shape index (κ2) is 11.4. The first-order valence-corrected chi connectivity index (χ1v) is 11.5. The Morgan fingerprint density at radius 1 is 0.615 bits per heavy atom. The van der Waals surface area contributed by atoms with Crippen LogP contribution in [0.25, 0.3) is 0 Å². The first-order chi connectivity index (χ1) is 18.8. The number of ether oxygens (including phenoxy) is 7. The second-order valence-electron chi connectivity index (χ2n) is 8.26. The van der Waals surface area contributed by atoms with E-state index in [4.69, 9.17) is 33.2 Å². The third kappa shape index (κ3) is 5.22. The van der Waals surface area contributed by atoms with Crippen molar-refractivity contribution in [3.05, 3.63) is 85.4 Å². The zero-order valence-electron chi connectivity index (χ0n) is 21.7. The molecule has 2 atom stereocenters. The van der Waals surface area contributed by atoms with E-state index in [-0.39, 0.29) is 45.5 Å². The summed E-state index contributed by atoms with van der Waals surface area (Å²) in [6.07, 6.45) is -3.38. The van der Waals surface area contributed by atoms with Crippen molar-refractivity contribution in [3.8, 4) is 28.7 Å². The van der Waals surface area contributed by atoms with Gasteiger partial charge in [-0.05, 0) is 24.3 Å². The fourth-order valence-corrected chi connectivity index (χ4v) is 4.37. The van der Waals surface area contributed by atoms with Crippen LogP contribution in [0.5, 0.6) is 28.7 Å². The van der Waals surface area contributed by atoms with Gasteiger partial charge in [0.05, 0.1) is 68.7 Å². The number of hydrogen-bond acceptors (Lipinski definition) is 11. The molecular formula is C26H26N2O11. The van der Waals surface area contributed by atoms with Gasteiger partial charge in [0.15, 0.2) is 29.3 Å². The van der Waals surface area contributed by atoms with Crippen molar-refractivity contribution in [2.75, 3.05) is 35.5 Å². The topological polar surface area (TPSA) is 151 Å². The summed E-state index contributed by atoms with van der Waals surface area (Å²) in [7, 11) is 7.00. The maximum atomic E-state index is 12.1. The molecule has 13 heteroatoms. The molecule has 1 saturated heterocycles. The zero-order valence-corrected chi connectivity index (χ0v) is 21.7. The first kappa shape index (κ1) is 27.4. The molecule has 1 heterocycles. The van der Waals surface area contributed by atoms with Gasteiger partial charge in [0, 0.05) is 5.56 Å². The molecule has 0 N–H and O–H groups in total. The van der Waals surface area contributed by atoms with Crippen LogP contribution in [-0.2, 0) is 9.47 Å². The summed E-state index contributed by atoms with van der Waals surface area (Å²) in [6.45, 7) is 0. The van der Waals surface area contributed by atoms with Crippen LogP contribution >= 0.6 is 0 Å². The molecule has 0 spiro atoms. The van der Waals surface area contributed by atoms with Crippen LogP contribution in [-0.4, -0.2) is 45.4 Å². The molecule has 0 amide bonds. The van der Waals surface area contributed by atoms with Crippen molar-refractivity contribution in [2.45, 2.75) is 18.5 Å². The van der Waals surface area contributed by atoms with Gasteiger partial charge in [-0.3, -0.25) is 20.2 Å². The van der Waals surface area contributed by atoms with Crippen LogP contribution in [0.3, 0.4) is 0 Å². The van der Waals surface area contributed by atoms with Crippen LogP contribution in [0.4, 0.5) is 11.4 Å². The SMILES string of the molecule is COc1ccc(C2O[C@H](c3cc(OC)c(OC)cc3[N+](=O)[O-])[C@@H](c3cc(OC)c(OC)cc3[N+](=O)[O-])O2)cc1. The molecule has 39 heavy (non-hydrogen) atoms. The van der Waals surface area contributed by atoms with Gasteiger partial charge in [-0.2, -0.15) is 0 Å². The molecule has 1 aliphatic heterocycles. The minimum Gasteiger partial charge on any atom is -0.497 e. The lowest BCUT2D eigenvalue weighted by Gasteiger charge is -2.20. The highest BCUT2D eigenvalue weighted by Gasteiger charge is 2.45. The molecule has 0 unspecified atom stereocenters. The predicted molar refractivity (Wildman–Crippen MR) is 136 cm³/mol. The second-order valence-corrected chi connectivity index (χ2v) is 8.26. The summed E-state index contributed by atoms with van der Waals surface area (Å²) < 4.78 is 38.9. The number of nitrogens with zero attached hydrogens (tertiary/aromatic N) is 2. The van der Waals surface area contributed by atoms with Crippen LogP contribution < -0.4 is 23.7 Å². The van der Waals surface area contributed by atoms with Crippen LogP contribution in [0.15, 0.2) is 48.5 Å². The summed E-state index contributed by atoms with van der Waals surface area (Å²) >= 11 is 0. The normalized spacial score (nSPS) is 16.9. The van der Waals surface area contributed by atoms with Crippen molar-refractivity contribution in [2.24, 2.45) is 0 Å². The average molecular weight is 542 g/mol. The molecule has 0 radical (unpaired) electrons. The van der Waals surface area contributed by atoms with E-state index in [1.165, 1.54) is 59.8 Å². The van der Waals surface area contributed by atoms with Crippen molar-refractivity contribution in [3.63, 3.8) is 0 Å². The van der Waals surface area contributed by atoms with E-state index in [1.807, 2.05) is 0 Å². The van der Waals surface area contributed by atoms with E-state index in [2.05, 4.69) is 0 Å². The molecule has 4 rings (SSSR count). The minimum atomic E-state index is -1.17. The van der Waals surface area contributed by atoms with Gasteiger partial charge in [0.1, 0.15) is 18.0 Å². The predicted octanol–water partition coefficient (Wildman–Crippen LogP) is 5.07. The van der Waals surface area contributed by atoms with Crippen LogP contribution in [0, 0.1) is 20.2 Å². The number of nitro groups is 2. The fourth-order valence-electron chi connectivity index (χ4n) is 4.37. The van der Waals surface area contributed by atoms with Crippen LogP contribution in [0.2, 0.25) is 0 Å². The average Bonchev–Trinajstić information content (AvgIpc) is 3.40. The maximum Gasteiger partial charge on any atom is 0.279 e. The minimum absolute atomic E-state index is 0.0720. The highest BCUT2D eigenvalue weighted by atomic mass is 16.7. The van der Waals surface area contributed by atoms with Gasteiger partial charge in [-0.1, -0.05) is 12.1 Å². The number of benzene rings is 3. The zero-order chi connectivity index (χ0) is 28.3. The Kier molecular flexibility index (Phi) is 8.02. The summed E-state index contributed by atoms with van der Waals surface area (Å²) in [5.74, 6) is 1.26. The van der Waals surface area contributed by atoms with E-state index in [0.29, 0.717) is 11.3 Å². The molecule has 13 nitrogen and oxygen atoms in total. The van der Waals surface area contributed by atoms with E-state index >= 15 is 0 Å². The molecule has 0 aliphatic carbocycles. The van der Waals surface area contributed by atoms with Gasteiger partial charge in [0.2, 0.25) is 0 Å². The summed E-state index contributed by atoms with van der Waals surface area (Å²) in [5, 5.41) is 24.2. The van der Waals surface area contributed by atoms with Crippen LogP contribution in [0.1, 0.15) is 35.2 Å². The lowest BCUT2D eigenvalue weighted by atomic mass is 9.95. The highest BCUT2D eigenvalue weighted by molar-refractivity contribution is 5.59. The Hall–Kier alpha value is -4.62. The van der Waals surface area contributed by atoms with Crippen molar-refractivity contribution < 1.29 is 43.0 Å². The molecule has 3 aromatic carbocycles. The molecule has 3 aromatic rings. The van der Waals surface area contributed by atoms with E-state index < -0.39 is 28.3 Å². The fraction of sp³-hybridized carbons (Fsp3) is 0.308. The molecule has 0 bridgehead atoms. The molecule has 1 aliphatic rings. The maximum absolute atomic E-state index is 12.1. The Morgan fingerprint density at radius 3 is 1.33 bits per heavy atom. The lowest BCUT2D eigenvalue weighted by Crippen LogP contribution is -2.12. The first-order valence-electron chi connectivity index (χ1n) is 11.5. The molecule has 206 valence electrons. The third-order valence-corrected chi connectivity index (χ3v) is 6.28. The highest BCUT2D eigenvalue weighted by Crippen LogP contribution is 2.54. The Labute approximate surface area is 223 Å². The molecule has 0 saturated carbocycles. The number of rotatable bonds is 10. The third-order valence-electron chi connectivity index (χ3n) is 6.28. The van der Waals surface area contributed by atoms with Crippen molar-refractivity contribution in [1.29, 1.82) is 0 Å². The molecule has 1 fully saturated rings. The monoisotopic (exact) mass is 542 g/mol. The van der Waals surface area contributed by atoms with Crippen molar-refractivity contribution >= 4 is 11.4 Å². The Morgan fingerprint density at radius 2 is 1.00 bits per heavy atom. The number of methoxy groups -OCH3 is 5. The number of nitro benzene ring substituents is 2. The summed E-state index contributed by atoms with van der Waals surface area (Å²) in [5.41, 5.74) is 0.0227. The summed E-state index contributed by atoms with van der Waals surface area (Å²) in [4.78, 5) is 23.1. The van der Waals surface area contributed by atoms with Gasteiger partial charge < -0.3 is 33.2 Å². The van der Waals surface area contributed by atoms with Gasteiger partial charge in [-0.15, -0.1) is 0 Å². The van der Waals surface area contributed by atoms with Gasteiger partial charge >= 0.3 is 0 Å². The smallest absolute Gasteiger partial charge is 0.279 e. The van der Waals surface area contributed by atoms with E-state index in [9.17, 15) is 20.2 Å². The standard InChI is InChI=1S/C26H26N2O11/c1-33-15-8-6-14(7-9-15)26-38-24(16-10-20(34-2)22(36-4)12-18(16)27(29)30)25(39-26)17-11-21(35-3)23(37-5)13-19(17)28(31)32/h6-13,24-26H,1-5H3/t24-,25-/m1/s1. The van der Waals surface area contributed by atoms with Gasteiger partial charge in [0.25, 0.3) is 11.4 Å². The summed E-state index contributed by atoms with van der Waals surface area (Å²) in [6, 6.07) is 12.0. The van der Waals surface area contributed by atoms with Gasteiger partial charge in [-0.25, -0.2) is 0 Å². The Bertz CT molecular complexity index is 1300. The largest absolute Gasteiger partial charge is 0.497 e. The van der Waals surface area contributed by atoms with Crippen molar-refractivity contribution in [1.82, 2.24) is 0 Å². The quantitative estimate of drug-likeness (QED) is 0.249. The lowest BCUT2D eigenvalue weighted by molar-refractivity contribution is -0.387. The Balaban J connectivity index is 1.93. The molecular weight excluding hydrogens is 516 g/mol. The van der Waals surface area contributed by atoms with E-state index in [0.717, 1.165) is 0 Å². The van der Waals surface area contributed by atoms with E-state index in [1.54, 1.807) is 24.3 Å².